The molecule has 2 amide bonds. The lowest BCUT2D eigenvalue weighted by atomic mass is 9.90. The zero-order chi connectivity index (χ0) is 22.3. The Morgan fingerprint density at radius 3 is 2.69 bits per heavy atom. The van der Waals surface area contributed by atoms with Crippen LogP contribution in [0.2, 0.25) is 0 Å². The topological polar surface area (TPSA) is 75.7 Å². The van der Waals surface area contributed by atoms with Crippen molar-refractivity contribution in [1.29, 1.82) is 0 Å². The Bertz CT molecular complexity index is 1160. The van der Waals surface area contributed by atoms with Crippen LogP contribution in [0.25, 0.3) is 10.1 Å². The van der Waals surface area contributed by atoms with Gasteiger partial charge in [-0.25, -0.2) is 0 Å². The first-order chi connectivity index (χ1) is 15.4. The van der Waals surface area contributed by atoms with E-state index in [2.05, 4.69) is 5.32 Å². The number of hydrogen-bond acceptors (Lipinski definition) is 5. The maximum atomic E-state index is 13.8. The van der Waals surface area contributed by atoms with Crippen molar-refractivity contribution in [3.05, 3.63) is 71.1 Å². The van der Waals surface area contributed by atoms with Crippen molar-refractivity contribution in [3.8, 4) is 0 Å². The number of amides is 2. The zero-order valence-electron chi connectivity index (χ0n) is 17.7. The molecular formula is C25H24N2O4S. The van der Waals surface area contributed by atoms with Gasteiger partial charge in [0.1, 0.15) is 18.2 Å². The van der Waals surface area contributed by atoms with Gasteiger partial charge in [-0.3, -0.25) is 14.4 Å². The number of nitrogens with one attached hydrogen (secondary N) is 1. The van der Waals surface area contributed by atoms with Crippen LogP contribution in [0.3, 0.4) is 0 Å². The molecule has 32 heavy (non-hydrogen) atoms. The Kier molecular flexibility index (Phi) is 5.31. The molecule has 0 saturated carbocycles. The average molecular weight is 449 g/mol. The van der Waals surface area contributed by atoms with Crippen molar-refractivity contribution in [2.24, 2.45) is 0 Å². The molecule has 1 N–H and O–H groups in total. The van der Waals surface area contributed by atoms with Crippen LogP contribution in [-0.4, -0.2) is 53.3 Å². The SMILES string of the molecule is CC(Cc1ccccc1)(NC(=O)c1cc2ccccc2s1)C(=O)N1CCC2OCC(=O)[C@H]21. The molecule has 2 aromatic carbocycles. The maximum Gasteiger partial charge on any atom is 0.262 e. The average Bonchev–Trinajstić information content (AvgIpc) is 3.50. The summed E-state index contributed by atoms with van der Waals surface area (Å²) in [6.45, 7) is 2.24. The standard InChI is InChI=1S/C25H24N2O4S/c1-25(14-16-7-3-2-4-8-16,24(30)27-12-11-19-22(27)18(28)15-31-19)26-23(29)21-13-17-9-5-6-10-20(17)32-21/h2-10,13,19,22H,11-12,14-15H2,1H3,(H,26,29)/t19?,22-,25?/m1/s1. The molecule has 3 aromatic rings. The van der Waals surface area contributed by atoms with Crippen molar-refractivity contribution < 1.29 is 19.1 Å². The number of hydrogen-bond donors (Lipinski definition) is 1. The lowest BCUT2D eigenvalue weighted by molar-refractivity contribution is -0.141. The fourth-order valence-electron chi connectivity index (χ4n) is 4.72. The van der Waals surface area contributed by atoms with Gasteiger partial charge in [-0.1, -0.05) is 48.5 Å². The molecule has 2 aliphatic rings. The van der Waals surface area contributed by atoms with E-state index >= 15 is 0 Å². The number of rotatable bonds is 5. The number of carbonyl (C=O) groups excluding carboxylic acids is 3. The summed E-state index contributed by atoms with van der Waals surface area (Å²) in [5.74, 6) is -0.608. The third-order valence-corrected chi connectivity index (χ3v) is 7.40. The van der Waals surface area contributed by atoms with Crippen LogP contribution in [0.4, 0.5) is 0 Å². The summed E-state index contributed by atoms with van der Waals surface area (Å²) in [6, 6.07) is 18.7. The highest BCUT2D eigenvalue weighted by Crippen LogP contribution is 2.31. The third kappa shape index (κ3) is 3.72. The Balaban J connectivity index is 1.46. The van der Waals surface area contributed by atoms with Crippen molar-refractivity contribution in [2.75, 3.05) is 13.2 Å². The second-order valence-corrected chi connectivity index (χ2v) is 9.73. The van der Waals surface area contributed by atoms with Gasteiger partial charge in [-0.05, 0) is 36.4 Å². The molecule has 3 heterocycles. The van der Waals surface area contributed by atoms with Crippen LogP contribution in [-0.2, 0) is 20.7 Å². The lowest BCUT2D eigenvalue weighted by Gasteiger charge is -2.35. The van der Waals surface area contributed by atoms with Crippen molar-refractivity contribution in [3.63, 3.8) is 0 Å². The molecule has 0 bridgehead atoms. The van der Waals surface area contributed by atoms with E-state index in [0.717, 1.165) is 15.6 Å². The summed E-state index contributed by atoms with van der Waals surface area (Å²) in [6.07, 6.45) is 0.714. The van der Waals surface area contributed by atoms with Gasteiger partial charge in [-0.2, -0.15) is 0 Å². The Hall–Kier alpha value is -3.03. The molecule has 6 nitrogen and oxygen atoms in total. The van der Waals surface area contributed by atoms with E-state index in [0.29, 0.717) is 24.3 Å². The van der Waals surface area contributed by atoms with Crippen LogP contribution >= 0.6 is 11.3 Å². The highest BCUT2D eigenvalue weighted by molar-refractivity contribution is 7.20. The number of benzene rings is 2. The zero-order valence-corrected chi connectivity index (χ0v) is 18.6. The van der Waals surface area contributed by atoms with Crippen LogP contribution in [0.1, 0.15) is 28.6 Å². The normalized spacial score (nSPS) is 22.0. The molecule has 2 aliphatic heterocycles. The van der Waals surface area contributed by atoms with E-state index in [9.17, 15) is 14.4 Å². The number of nitrogens with zero attached hydrogens (tertiary/aromatic N) is 1. The van der Waals surface area contributed by atoms with Crippen LogP contribution < -0.4 is 5.32 Å². The minimum atomic E-state index is -1.20. The molecule has 1 aromatic heterocycles. The summed E-state index contributed by atoms with van der Waals surface area (Å²) >= 11 is 1.40. The number of ether oxygens (including phenoxy) is 1. The first-order valence-electron chi connectivity index (χ1n) is 10.7. The van der Waals surface area contributed by atoms with E-state index in [-0.39, 0.29) is 30.3 Å². The predicted molar refractivity (Wildman–Crippen MR) is 123 cm³/mol. The van der Waals surface area contributed by atoms with Gasteiger partial charge in [0.05, 0.1) is 11.0 Å². The molecule has 3 atom stereocenters. The van der Waals surface area contributed by atoms with Gasteiger partial charge in [-0.15, -0.1) is 11.3 Å². The molecule has 2 fully saturated rings. The molecule has 2 unspecified atom stereocenters. The first kappa shape index (κ1) is 20.8. The summed E-state index contributed by atoms with van der Waals surface area (Å²) in [4.78, 5) is 41.6. The largest absolute Gasteiger partial charge is 0.368 e. The first-order valence-corrected chi connectivity index (χ1v) is 11.6. The number of carbonyl (C=O) groups is 3. The molecule has 2 saturated heterocycles. The van der Waals surface area contributed by atoms with E-state index in [1.807, 2.05) is 60.7 Å². The van der Waals surface area contributed by atoms with Crippen LogP contribution in [0, 0.1) is 0 Å². The Morgan fingerprint density at radius 1 is 1.16 bits per heavy atom. The number of ketones is 1. The summed E-state index contributed by atoms with van der Waals surface area (Å²) in [5, 5.41) is 4.01. The number of likely N-dealkylation sites (tertiary alicyclic amines) is 1. The van der Waals surface area contributed by atoms with Gasteiger partial charge < -0.3 is 15.0 Å². The minimum absolute atomic E-state index is 0.0443. The molecule has 0 radical (unpaired) electrons. The monoisotopic (exact) mass is 448 g/mol. The van der Waals surface area contributed by atoms with Crippen molar-refractivity contribution in [2.45, 2.75) is 37.5 Å². The number of fused-ring (bicyclic) bond motifs is 2. The highest BCUT2D eigenvalue weighted by Gasteiger charge is 2.51. The fraction of sp³-hybridized carbons (Fsp3) is 0.320. The third-order valence-electron chi connectivity index (χ3n) is 6.28. The fourth-order valence-corrected chi connectivity index (χ4v) is 5.68. The Labute approximate surface area is 190 Å². The lowest BCUT2D eigenvalue weighted by Crippen LogP contribution is -2.61. The Morgan fingerprint density at radius 2 is 1.91 bits per heavy atom. The van der Waals surface area contributed by atoms with Crippen LogP contribution in [0.5, 0.6) is 0 Å². The van der Waals surface area contributed by atoms with Gasteiger partial charge in [0, 0.05) is 17.7 Å². The van der Waals surface area contributed by atoms with E-state index in [1.54, 1.807) is 11.8 Å². The summed E-state index contributed by atoms with van der Waals surface area (Å²) in [5.41, 5.74) is -0.267. The smallest absolute Gasteiger partial charge is 0.262 e. The molecule has 7 heteroatoms. The van der Waals surface area contributed by atoms with E-state index in [4.69, 9.17) is 4.74 Å². The van der Waals surface area contributed by atoms with Crippen molar-refractivity contribution in [1.82, 2.24) is 10.2 Å². The highest BCUT2D eigenvalue weighted by atomic mass is 32.1. The minimum Gasteiger partial charge on any atom is -0.368 e. The summed E-state index contributed by atoms with van der Waals surface area (Å²) in [7, 11) is 0. The molecule has 0 spiro atoms. The quantitative estimate of drug-likeness (QED) is 0.650. The van der Waals surface area contributed by atoms with Gasteiger partial charge in [0.15, 0.2) is 5.78 Å². The van der Waals surface area contributed by atoms with Crippen molar-refractivity contribution >= 4 is 39.0 Å². The molecule has 5 rings (SSSR count). The number of Topliss-reactive ketones (excluding diaryl/α,β-unsaturated/α-hetero) is 1. The second-order valence-electron chi connectivity index (χ2n) is 8.64. The number of thiophene rings is 1. The summed E-state index contributed by atoms with van der Waals surface area (Å²) < 4.78 is 6.57. The van der Waals surface area contributed by atoms with Gasteiger partial charge in [0.25, 0.3) is 5.91 Å². The van der Waals surface area contributed by atoms with E-state index in [1.165, 1.54) is 11.3 Å². The van der Waals surface area contributed by atoms with Gasteiger partial charge in [0.2, 0.25) is 5.91 Å². The van der Waals surface area contributed by atoms with Crippen LogP contribution in [0.15, 0.2) is 60.7 Å². The predicted octanol–water partition coefficient (Wildman–Crippen LogP) is 3.20. The van der Waals surface area contributed by atoms with Gasteiger partial charge >= 0.3 is 0 Å². The second kappa shape index (κ2) is 8.15. The molecular weight excluding hydrogens is 424 g/mol. The molecule has 0 aliphatic carbocycles. The maximum absolute atomic E-state index is 13.8. The molecule has 164 valence electrons. The van der Waals surface area contributed by atoms with E-state index < -0.39 is 11.6 Å².